The van der Waals surface area contributed by atoms with Crippen molar-refractivity contribution in [2.45, 2.75) is 0 Å². The summed E-state index contributed by atoms with van der Waals surface area (Å²) in [5.74, 6) is -0.689. The molecule has 0 aliphatic rings. The number of halogens is 2. The lowest BCUT2D eigenvalue weighted by Gasteiger charge is -2.15. The molecule has 37 heavy (non-hydrogen) atoms. The molecule has 0 spiro atoms. The van der Waals surface area contributed by atoms with Gasteiger partial charge in [0.15, 0.2) is 11.4 Å². The molecule has 2 N–H and O–H groups in total. The van der Waals surface area contributed by atoms with Gasteiger partial charge in [-0.1, -0.05) is 0 Å². The Labute approximate surface area is 212 Å². The van der Waals surface area contributed by atoms with Crippen molar-refractivity contribution in [2.24, 2.45) is 0 Å². The van der Waals surface area contributed by atoms with E-state index in [-0.39, 0.29) is 17.3 Å². The molecular formula is C27H25F2N5O3. The zero-order valence-corrected chi connectivity index (χ0v) is 20.2. The maximum Gasteiger partial charge on any atom is 0.299 e. The van der Waals surface area contributed by atoms with Crippen molar-refractivity contribution >= 4 is 17.3 Å². The Morgan fingerprint density at radius 2 is 1.57 bits per heavy atom. The van der Waals surface area contributed by atoms with E-state index in [0.29, 0.717) is 35.8 Å². The highest BCUT2D eigenvalue weighted by Gasteiger charge is 2.16. The van der Waals surface area contributed by atoms with E-state index in [0.717, 1.165) is 4.68 Å². The number of rotatable bonds is 9. The molecule has 0 bridgehead atoms. The van der Waals surface area contributed by atoms with Crippen LogP contribution in [0.1, 0.15) is 10.4 Å². The van der Waals surface area contributed by atoms with Gasteiger partial charge in [0.1, 0.15) is 17.4 Å². The van der Waals surface area contributed by atoms with Crippen LogP contribution in [-0.2, 0) is 0 Å². The van der Waals surface area contributed by atoms with E-state index in [1.807, 2.05) is 19.0 Å². The number of hydrogen-bond donors (Lipinski definition) is 2. The number of nitrogens with one attached hydrogen (secondary N) is 2. The monoisotopic (exact) mass is 505 g/mol. The fourth-order valence-corrected chi connectivity index (χ4v) is 3.37. The van der Waals surface area contributed by atoms with Crippen LogP contribution in [0.2, 0.25) is 0 Å². The predicted molar refractivity (Wildman–Crippen MR) is 137 cm³/mol. The molecule has 0 saturated carbocycles. The second kappa shape index (κ2) is 11.4. The summed E-state index contributed by atoms with van der Waals surface area (Å²) in [7, 11) is 3.84. The Morgan fingerprint density at radius 1 is 0.946 bits per heavy atom. The Kier molecular flexibility index (Phi) is 7.89. The third-order valence-electron chi connectivity index (χ3n) is 5.32. The highest BCUT2D eigenvalue weighted by molar-refractivity contribution is 5.94. The first-order valence-electron chi connectivity index (χ1n) is 11.4. The summed E-state index contributed by atoms with van der Waals surface area (Å²) in [6, 6.07) is 17.2. The standard InChI is InChI=1S/C27H25F2N5O3/c1-33(2)16-15-30-26(35)18-3-9-21(10-4-18)32-25-24(37-23-13-7-20(29)8-14-23)17-31-34(27(25)36)22-11-5-19(28)6-12-22/h3-14,17,32H,15-16H2,1-2H3,(H,30,35). The third kappa shape index (κ3) is 6.56. The molecule has 1 heterocycles. The summed E-state index contributed by atoms with van der Waals surface area (Å²) in [6.45, 7) is 1.22. The molecular weight excluding hydrogens is 480 g/mol. The van der Waals surface area contributed by atoms with Gasteiger partial charge in [0.25, 0.3) is 11.5 Å². The van der Waals surface area contributed by atoms with Gasteiger partial charge in [0.05, 0.1) is 11.9 Å². The van der Waals surface area contributed by atoms with Crippen molar-refractivity contribution in [1.82, 2.24) is 20.0 Å². The molecule has 0 aliphatic heterocycles. The number of hydrogen-bond acceptors (Lipinski definition) is 6. The van der Waals surface area contributed by atoms with E-state index in [4.69, 9.17) is 4.74 Å². The Morgan fingerprint density at radius 3 is 2.19 bits per heavy atom. The number of nitrogens with zero attached hydrogens (tertiary/aromatic N) is 3. The van der Waals surface area contributed by atoms with Crippen molar-refractivity contribution in [2.75, 3.05) is 32.5 Å². The maximum atomic E-state index is 13.4. The van der Waals surface area contributed by atoms with E-state index in [1.165, 1.54) is 54.7 Å². The van der Waals surface area contributed by atoms with Gasteiger partial charge in [-0.2, -0.15) is 9.78 Å². The van der Waals surface area contributed by atoms with E-state index in [1.54, 1.807) is 24.3 Å². The van der Waals surface area contributed by atoms with Crippen LogP contribution < -0.4 is 20.9 Å². The van der Waals surface area contributed by atoms with Gasteiger partial charge in [-0.15, -0.1) is 0 Å². The van der Waals surface area contributed by atoms with Crippen molar-refractivity contribution in [1.29, 1.82) is 0 Å². The van der Waals surface area contributed by atoms with Crippen molar-refractivity contribution in [3.05, 3.63) is 107 Å². The summed E-state index contributed by atoms with van der Waals surface area (Å²) in [6.07, 6.45) is 1.34. The zero-order chi connectivity index (χ0) is 26.4. The minimum absolute atomic E-state index is 0.0480. The van der Waals surface area contributed by atoms with Gasteiger partial charge < -0.3 is 20.3 Å². The number of benzene rings is 3. The fourth-order valence-electron chi connectivity index (χ4n) is 3.37. The van der Waals surface area contributed by atoms with E-state index in [9.17, 15) is 18.4 Å². The SMILES string of the molecule is CN(C)CCNC(=O)c1ccc(Nc2c(Oc3ccc(F)cc3)cnn(-c3ccc(F)cc3)c2=O)cc1. The van der Waals surface area contributed by atoms with Gasteiger partial charge in [-0.05, 0) is 86.9 Å². The average molecular weight is 506 g/mol. The number of likely N-dealkylation sites (N-methyl/N-ethyl adjacent to an activating group) is 1. The second-order valence-corrected chi connectivity index (χ2v) is 8.39. The summed E-state index contributed by atoms with van der Waals surface area (Å²) < 4.78 is 33.7. The van der Waals surface area contributed by atoms with Crippen LogP contribution in [0.3, 0.4) is 0 Å². The smallest absolute Gasteiger partial charge is 0.299 e. The number of carbonyl (C=O) groups is 1. The van der Waals surface area contributed by atoms with Crippen LogP contribution >= 0.6 is 0 Å². The van der Waals surface area contributed by atoms with E-state index < -0.39 is 17.2 Å². The van der Waals surface area contributed by atoms with Gasteiger partial charge in [0, 0.05) is 24.3 Å². The zero-order valence-electron chi connectivity index (χ0n) is 20.2. The topological polar surface area (TPSA) is 88.5 Å². The van der Waals surface area contributed by atoms with Gasteiger partial charge in [0.2, 0.25) is 0 Å². The molecule has 1 amide bonds. The predicted octanol–water partition coefficient (Wildman–Crippen LogP) is 4.34. The number of anilines is 2. The van der Waals surface area contributed by atoms with Crippen molar-refractivity contribution in [3.8, 4) is 17.2 Å². The molecule has 0 aliphatic carbocycles. The lowest BCUT2D eigenvalue weighted by Crippen LogP contribution is -2.31. The van der Waals surface area contributed by atoms with E-state index >= 15 is 0 Å². The number of carbonyl (C=O) groups excluding carboxylic acids is 1. The first kappa shape index (κ1) is 25.5. The van der Waals surface area contributed by atoms with E-state index in [2.05, 4.69) is 15.7 Å². The minimum atomic E-state index is -0.559. The highest BCUT2D eigenvalue weighted by Crippen LogP contribution is 2.29. The highest BCUT2D eigenvalue weighted by atomic mass is 19.1. The molecule has 1 aromatic heterocycles. The summed E-state index contributed by atoms with van der Waals surface area (Å²) in [5.41, 5.74) is 0.824. The number of aromatic nitrogens is 2. The molecule has 4 rings (SSSR count). The molecule has 0 radical (unpaired) electrons. The van der Waals surface area contributed by atoms with Crippen molar-refractivity contribution in [3.63, 3.8) is 0 Å². The molecule has 0 unspecified atom stereocenters. The quantitative estimate of drug-likeness (QED) is 0.352. The first-order chi connectivity index (χ1) is 17.8. The van der Waals surface area contributed by atoms with Gasteiger partial charge >= 0.3 is 0 Å². The van der Waals surface area contributed by atoms with Crippen LogP contribution in [-0.4, -0.2) is 47.8 Å². The second-order valence-electron chi connectivity index (χ2n) is 8.39. The lowest BCUT2D eigenvalue weighted by atomic mass is 10.2. The lowest BCUT2D eigenvalue weighted by molar-refractivity contribution is 0.0951. The molecule has 8 nitrogen and oxygen atoms in total. The summed E-state index contributed by atoms with van der Waals surface area (Å²) >= 11 is 0. The number of amides is 1. The van der Waals surface area contributed by atoms with Gasteiger partial charge in [-0.3, -0.25) is 9.59 Å². The largest absolute Gasteiger partial charge is 0.453 e. The fraction of sp³-hybridized carbons (Fsp3) is 0.148. The van der Waals surface area contributed by atoms with Crippen LogP contribution in [0.5, 0.6) is 11.5 Å². The third-order valence-corrected chi connectivity index (χ3v) is 5.32. The molecule has 10 heteroatoms. The normalized spacial score (nSPS) is 10.8. The van der Waals surface area contributed by atoms with Crippen molar-refractivity contribution < 1.29 is 18.3 Å². The van der Waals surface area contributed by atoms with Gasteiger partial charge in [-0.25, -0.2) is 8.78 Å². The Hall–Kier alpha value is -4.57. The molecule has 0 fully saturated rings. The molecule has 0 atom stereocenters. The Bertz CT molecular complexity index is 1420. The molecule has 4 aromatic rings. The minimum Gasteiger partial charge on any atom is -0.453 e. The summed E-state index contributed by atoms with van der Waals surface area (Å²) in [5, 5.41) is 10.0. The maximum absolute atomic E-state index is 13.4. The number of ether oxygens (including phenoxy) is 1. The van der Waals surface area contributed by atoms with Crippen LogP contribution in [0.4, 0.5) is 20.2 Å². The van der Waals surface area contributed by atoms with Crippen LogP contribution in [0, 0.1) is 11.6 Å². The molecule has 190 valence electrons. The molecule has 3 aromatic carbocycles. The van der Waals surface area contributed by atoms with Crippen LogP contribution in [0.15, 0.2) is 83.8 Å². The van der Waals surface area contributed by atoms with Crippen LogP contribution in [0.25, 0.3) is 5.69 Å². The first-order valence-corrected chi connectivity index (χ1v) is 11.4. The average Bonchev–Trinajstić information content (AvgIpc) is 2.88. The summed E-state index contributed by atoms with van der Waals surface area (Å²) in [4.78, 5) is 27.7. The molecule has 0 saturated heterocycles. The Balaban J connectivity index is 1.63.